The van der Waals surface area contributed by atoms with Gasteiger partial charge in [-0.25, -0.2) is 0 Å². The van der Waals surface area contributed by atoms with Gasteiger partial charge >= 0.3 is 7.60 Å². The zero-order valence-corrected chi connectivity index (χ0v) is 29.9. The second-order valence-corrected chi connectivity index (χ2v) is 16.8. The molecule has 2 aliphatic carbocycles. The number of piperazine rings is 1. The molecule has 4 rings (SSSR count). The Bertz CT molecular complexity index is 1150. The summed E-state index contributed by atoms with van der Waals surface area (Å²) in [7, 11) is -4.09. The summed E-state index contributed by atoms with van der Waals surface area (Å²) in [6, 6.07) is 2.00. The molecule has 0 radical (unpaired) electrons. The molecule has 0 bridgehead atoms. The van der Waals surface area contributed by atoms with Crippen molar-refractivity contribution in [2.75, 3.05) is 74.5 Å². The maximum atomic E-state index is 13.3. The minimum Gasteiger partial charge on any atom is -0.383 e. The van der Waals surface area contributed by atoms with Crippen LogP contribution in [0, 0.1) is 11.8 Å². The summed E-state index contributed by atoms with van der Waals surface area (Å²) in [6.45, 7) is 11.9. The van der Waals surface area contributed by atoms with Crippen LogP contribution in [-0.4, -0.2) is 107 Å². The molecule has 3 aliphatic rings. The average Bonchev–Trinajstić information content (AvgIpc) is 3.01. The van der Waals surface area contributed by atoms with E-state index in [1.165, 1.54) is 64.2 Å². The number of rotatable bonds is 16. The second kappa shape index (κ2) is 18.1. The number of carbonyl (C=O) groups excluding carboxylic acids is 1. The van der Waals surface area contributed by atoms with E-state index in [1.807, 2.05) is 25.7 Å². The molecule has 2 heterocycles. The highest BCUT2D eigenvalue weighted by Gasteiger charge is 2.35. The maximum Gasteiger partial charge on any atom is 0.325 e. The van der Waals surface area contributed by atoms with Crippen molar-refractivity contribution in [1.82, 2.24) is 30.8 Å². The fourth-order valence-corrected chi connectivity index (χ4v) is 7.73. The maximum absolute atomic E-state index is 13.3. The monoisotopic (exact) mass is 679 g/mol. The lowest BCUT2D eigenvalue weighted by molar-refractivity contribution is -0.128. The quantitative estimate of drug-likeness (QED) is 0.100. The van der Waals surface area contributed by atoms with Gasteiger partial charge in [-0.3, -0.25) is 14.3 Å². The van der Waals surface area contributed by atoms with Gasteiger partial charge in [-0.05, 0) is 110 Å². The van der Waals surface area contributed by atoms with Crippen LogP contribution < -0.4 is 31.9 Å². The molecule has 8 N–H and O–H groups in total. The van der Waals surface area contributed by atoms with Crippen molar-refractivity contribution in [3.05, 3.63) is 6.07 Å². The normalized spacial score (nSPS) is 23.5. The van der Waals surface area contributed by atoms with Crippen molar-refractivity contribution in [2.24, 2.45) is 11.8 Å². The first-order chi connectivity index (χ1) is 22.3. The standard InChI is InChI=1S/C33H62N9O4P/c1-33(2,3)40-31(43)28-24-42(19-18-41(28)17-8-20-47(44,45)46)30-21-29(34)38-32(39-30)37-23-26-13-11-25(12-14-26)22-35-15-7-16-36-27-9-5-4-6-10-27/h21,25-28,35-36H,4-20,22-24H2,1-3H3,(H,40,43)(H2,44,45,46)(H3,34,37,38,39)/t25-,26-,28-/m0/s1. The summed E-state index contributed by atoms with van der Waals surface area (Å²) in [5.74, 6) is 2.75. The summed E-state index contributed by atoms with van der Waals surface area (Å²) in [4.78, 5) is 45.3. The summed E-state index contributed by atoms with van der Waals surface area (Å²) in [5.41, 5.74) is 5.82. The van der Waals surface area contributed by atoms with Gasteiger partial charge in [0.15, 0.2) is 0 Å². The highest BCUT2D eigenvalue weighted by Crippen LogP contribution is 2.35. The van der Waals surface area contributed by atoms with Crippen LogP contribution in [0.15, 0.2) is 6.07 Å². The van der Waals surface area contributed by atoms with Crippen LogP contribution in [0.25, 0.3) is 0 Å². The lowest BCUT2D eigenvalue weighted by atomic mass is 9.82. The molecule has 2 saturated carbocycles. The Kier molecular flexibility index (Phi) is 14.6. The molecule has 14 heteroatoms. The lowest BCUT2D eigenvalue weighted by Gasteiger charge is -2.42. The highest BCUT2D eigenvalue weighted by atomic mass is 31.2. The van der Waals surface area contributed by atoms with Crippen molar-refractivity contribution in [3.63, 3.8) is 0 Å². The molecular weight excluding hydrogens is 617 g/mol. The van der Waals surface area contributed by atoms with Crippen molar-refractivity contribution < 1.29 is 19.1 Å². The number of nitrogens with one attached hydrogen (secondary N) is 4. The summed E-state index contributed by atoms with van der Waals surface area (Å²) >= 11 is 0. The Balaban J connectivity index is 1.21. The Morgan fingerprint density at radius 2 is 1.68 bits per heavy atom. The number of hydrogen-bond donors (Lipinski definition) is 7. The third kappa shape index (κ3) is 13.8. The SMILES string of the molecule is CC(C)(C)NC(=O)[C@@H]1CN(c2cc(N)nc(NC[C@H]3CC[C@H](CNCCCNC4CCCCC4)CC3)n2)CCN1CCCP(=O)(O)O. The number of nitrogens with zero attached hydrogens (tertiary/aromatic N) is 4. The largest absolute Gasteiger partial charge is 0.383 e. The molecule has 3 fully saturated rings. The van der Waals surface area contributed by atoms with Crippen molar-refractivity contribution in [1.29, 1.82) is 0 Å². The van der Waals surface area contributed by atoms with E-state index in [4.69, 9.17) is 10.7 Å². The van der Waals surface area contributed by atoms with Gasteiger partial charge in [-0.1, -0.05) is 19.3 Å². The van der Waals surface area contributed by atoms with Crippen LogP contribution in [0.1, 0.15) is 91.4 Å². The van der Waals surface area contributed by atoms with E-state index in [0.29, 0.717) is 56.1 Å². The Hall–Kier alpha value is -2.02. The molecule has 1 aliphatic heterocycles. The Morgan fingerprint density at radius 3 is 2.36 bits per heavy atom. The highest BCUT2D eigenvalue weighted by molar-refractivity contribution is 7.51. The van der Waals surface area contributed by atoms with E-state index in [9.17, 15) is 19.1 Å². The molecule has 1 aromatic heterocycles. The molecule has 1 aromatic rings. The van der Waals surface area contributed by atoms with Crippen LogP contribution >= 0.6 is 7.60 Å². The van der Waals surface area contributed by atoms with Crippen LogP contribution in [0.2, 0.25) is 0 Å². The zero-order chi connectivity index (χ0) is 33.9. The van der Waals surface area contributed by atoms with Crippen LogP contribution in [0.4, 0.5) is 17.6 Å². The zero-order valence-electron chi connectivity index (χ0n) is 29.1. The van der Waals surface area contributed by atoms with Crippen LogP contribution in [0.3, 0.4) is 0 Å². The van der Waals surface area contributed by atoms with E-state index in [-0.39, 0.29) is 12.1 Å². The predicted molar refractivity (Wildman–Crippen MR) is 190 cm³/mol. The number of hydrogen-bond acceptors (Lipinski definition) is 10. The van der Waals surface area contributed by atoms with Gasteiger partial charge in [0, 0.05) is 43.8 Å². The second-order valence-electron chi connectivity index (χ2n) is 15.1. The molecule has 47 heavy (non-hydrogen) atoms. The van der Waals surface area contributed by atoms with E-state index < -0.39 is 19.2 Å². The first-order valence-corrected chi connectivity index (χ1v) is 19.8. The van der Waals surface area contributed by atoms with Crippen molar-refractivity contribution >= 4 is 31.1 Å². The van der Waals surface area contributed by atoms with E-state index in [0.717, 1.165) is 38.1 Å². The number of aromatic nitrogens is 2. The Morgan fingerprint density at radius 1 is 0.979 bits per heavy atom. The summed E-state index contributed by atoms with van der Waals surface area (Å²) < 4.78 is 11.4. The van der Waals surface area contributed by atoms with Gasteiger partial charge in [-0.2, -0.15) is 9.97 Å². The molecule has 0 aromatic carbocycles. The molecule has 268 valence electrons. The Labute approximate surface area is 282 Å². The van der Waals surface area contributed by atoms with Crippen LogP contribution in [-0.2, 0) is 9.36 Å². The molecule has 1 saturated heterocycles. The third-order valence-electron chi connectivity index (χ3n) is 9.76. The number of nitrogens with two attached hydrogens (primary N) is 1. The lowest BCUT2D eigenvalue weighted by Crippen LogP contribution is -2.61. The predicted octanol–water partition coefficient (Wildman–Crippen LogP) is 3.15. The van der Waals surface area contributed by atoms with Gasteiger partial charge in [0.05, 0.1) is 6.16 Å². The minimum atomic E-state index is -4.09. The van der Waals surface area contributed by atoms with Gasteiger partial charge in [0.25, 0.3) is 0 Å². The summed E-state index contributed by atoms with van der Waals surface area (Å²) in [6.07, 6.45) is 13.0. The molecule has 13 nitrogen and oxygen atoms in total. The number of anilines is 3. The topological polar surface area (TPSA) is 181 Å². The molecule has 0 spiro atoms. The van der Waals surface area contributed by atoms with Gasteiger partial charge in [0.2, 0.25) is 11.9 Å². The van der Waals surface area contributed by atoms with Gasteiger partial charge < -0.3 is 41.7 Å². The van der Waals surface area contributed by atoms with E-state index in [1.54, 1.807) is 6.07 Å². The van der Waals surface area contributed by atoms with E-state index >= 15 is 0 Å². The smallest absolute Gasteiger partial charge is 0.325 e. The number of nitrogen functional groups attached to an aromatic ring is 1. The fraction of sp³-hybridized carbons (Fsp3) is 0.848. The molecular formula is C33H62N9O4P. The molecule has 1 amide bonds. The third-order valence-corrected chi connectivity index (χ3v) is 10.7. The van der Waals surface area contributed by atoms with Gasteiger partial charge in [-0.15, -0.1) is 0 Å². The first-order valence-electron chi connectivity index (χ1n) is 18.0. The molecule has 0 unspecified atom stereocenters. The molecule has 1 atom stereocenters. The van der Waals surface area contributed by atoms with Gasteiger partial charge in [0.1, 0.15) is 17.7 Å². The van der Waals surface area contributed by atoms with Crippen LogP contribution in [0.5, 0.6) is 0 Å². The van der Waals surface area contributed by atoms with E-state index in [2.05, 4.69) is 31.2 Å². The number of amides is 1. The fourth-order valence-electron chi connectivity index (χ4n) is 7.18. The van der Waals surface area contributed by atoms with Crippen molar-refractivity contribution in [3.8, 4) is 0 Å². The average molecular weight is 680 g/mol. The number of carbonyl (C=O) groups is 1. The summed E-state index contributed by atoms with van der Waals surface area (Å²) in [5, 5.41) is 13.9. The minimum absolute atomic E-state index is 0.115. The first kappa shape index (κ1) is 37.8. The van der Waals surface area contributed by atoms with Crippen molar-refractivity contribution in [2.45, 2.75) is 109 Å².